The van der Waals surface area contributed by atoms with Gasteiger partial charge in [-0.1, -0.05) is 17.7 Å². The Balaban J connectivity index is 1.86. The molecule has 1 heterocycles. The number of benzene rings is 1. The summed E-state index contributed by atoms with van der Waals surface area (Å²) in [6, 6.07) is 8.42. The van der Waals surface area contributed by atoms with Crippen molar-refractivity contribution in [3.8, 4) is 0 Å². The third kappa shape index (κ3) is 4.25. The highest BCUT2D eigenvalue weighted by Crippen LogP contribution is 2.22. The second-order valence-corrected chi connectivity index (χ2v) is 4.96. The van der Waals surface area contributed by atoms with Crippen LogP contribution in [-0.4, -0.2) is 39.4 Å². The Bertz CT molecular complexity index is 439. The molecule has 1 aromatic rings. The molecule has 20 heavy (non-hydrogen) atoms. The van der Waals surface area contributed by atoms with Crippen LogP contribution < -0.4 is 10.6 Å². The molecule has 0 amide bonds. The highest BCUT2D eigenvalue weighted by molar-refractivity contribution is 6.26. The van der Waals surface area contributed by atoms with Crippen LogP contribution in [0.1, 0.15) is 18.9 Å². The Morgan fingerprint density at radius 2 is 2.20 bits per heavy atom. The summed E-state index contributed by atoms with van der Waals surface area (Å²) >= 11 is 0. The molecular weight excluding hydrogens is 255 g/mol. The van der Waals surface area contributed by atoms with E-state index in [0.29, 0.717) is 7.48 Å². The smallest absolute Gasteiger partial charge is 0.302 e. The third-order valence-electron chi connectivity index (χ3n) is 3.43. The maximum absolute atomic E-state index is 11.0. The number of rotatable bonds is 6. The van der Waals surface area contributed by atoms with E-state index >= 15 is 0 Å². The molecule has 1 aromatic carbocycles. The van der Waals surface area contributed by atoms with Crippen molar-refractivity contribution in [3.63, 3.8) is 0 Å². The minimum absolute atomic E-state index is 0.0186. The van der Waals surface area contributed by atoms with Gasteiger partial charge in [-0.3, -0.25) is 4.79 Å². The largest absolute Gasteiger partial charge is 0.461 e. The van der Waals surface area contributed by atoms with Gasteiger partial charge in [0.15, 0.2) is 0 Å². The van der Waals surface area contributed by atoms with Crippen molar-refractivity contribution in [2.45, 2.75) is 25.8 Å². The Morgan fingerprint density at radius 1 is 1.45 bits per heavy atom. The van der Waals surface area contributed by atoms with Crippen LogP contribution in [0.5, 0.6) is 0 Å². The number of ether oxygens (including phenoxy) is 1. The van der Waals surface area contributed by atoms with Crippen molar-refractivity contribution >= 4 is 19.1 Å². The lowest BCUT2D eigenvalue weighted by Crippen LogP contribution is -2.23. The minimum Gasteiger partial charge on any atom is -0.461 e. The normalized spacial score (nSPS) is 18.1. The molecule has 0 bridgehead atoms. The predicted octanol–water partition coefficient (Wildman–Crippen LogP) is 0.613. The molecule has 1 fully saturated rings. The number of esters is 1. The second kappa shape index (κ2) is 7.31. The molecule has 0 saturated carbocycles. The van der Waals surface area contributed by atoms with Gasteiger partial charge >= 0.3 is 5.97 Å². The second-order valence-electron chi connectivity index (χ2n) is 4.96. The van der Waals surface area contributed by atoms with Gasteiger partial charge in [0.2, 0.25) is 0 Å². The first-order valence-corrected chi connectivity index (χ1v) is 6.98. The van der Waals surface area contributed by atoms with Crippen LogP contribution in [0.4, 0.5) is 5.69 Å². The number of anilines is 1. The molecule has 2 rings (SSSR count). The van der Waals surface area contributed by atoms with Gasteiger partial charge < -0.3 is 20.0 Å². The highest BCUT2D eigenvalue weighted by Gasteiger charge is 2.24. The molecule has 0 aliphatic carbocycles. The molecule has 0 spiro atoms. The zero-order valence-electron chi connectivity index (χ0n) is 11.9. The van der Waals surface area contributed by atoms with Crippen LogP contribution in [0.3, 0.4) is 0 Å². The number of hydrogen-bond donors (Lipinski definition) is 1. The lowest BCUT2D eigenvalue weighted by Gasteiger charge is -2.18. The zero-order valence-corrected chi connectivity index (χ0v) is 11.9. The van der Waals surface area contributed by atoms with E-state index in [-0.39, 0.29) is 18.8 Å². The molecule has 6 heteroatoms. The molecular formula is C14H21BN2O3. The first kappa shape index (κ1) is 14.9. The predicted molar refractivity (Wildman–Crippen MR) is 79.8 cm³/mol. The molecule has 1 atom stereocenters. The molecule has 5 nitrogen and oxygen atoms in total. The topological polar surface area (TPSA) is 64.8 Å². The molecule has 2 N–H and O–H groups in total. The van der Waals surface area contributed by atoms with Crippen LogP contribution in [0.15, 0.2) is 24.3 Å². The number of hydrogen-bond acceptors (Lipinski definition) is 5. The summed E-state index contributed by atoms with van der Waals surface area (Å²) in [5, 5.41) is 0. The summed E-state index contributed by atoms with van der Waals surface area (Å²) in [6.45, 7) is 3.42. The van der Waals surface area contributed by atoms with Gasteiger partial charge in [-0.05, 0) is 18.5 Å². The van der Waals surface area contributed by atoms with Crippen LogP contribution in [0.25, 0.3) is 0 Å². The number of carbonyl (C=O) groups excluding carboxylic acids is 1. The number of nitrogens with two attached hydrogens (primary N) is 1. The molecule has 1 aliphatic rings. The average Bonchev–Trinajstić information content (AvgIpc) is 2.87. The number of nitrogens with zero attached hydrogens (tertiary/aromatic N) is 1. The highest BCUT2D eigenvalue weighted by atomic mass is 16.5. The fourth-order valence-corrected chi connectivity index (χ4v) is 2.44. The Labute approximate surface area is 120 Å². The minimum atomic E-state index is -0.202. The van der Waals surface area contributed by atoms with Gasteiger partial charge in [0.25, 0.3) is 7.48 Å². The zero-order chi connectivity index (χ0) is 14.4. The summed E-state index contributed by atoms with van der Waals surface area (Å²) in [6.07, 6.45) is 1.78. The molecule has 108 valence electrons. The monoisotopic (exact) mass is 276 g/mol. The van der Waals surface area contributed by atoms with E-state index in [1.165, 1.54) is 18.2 Å². The van der Waals surface area contributed by atoms with E-state index in [2.05, 4.69) is 29.2 Å². The van der Waals surface area contributed by atoms with E-state index in [4.69, 9.17) is 15.1 Å². The van der Waals surface area contributed by atoms with Crippen LogP contribution in [0.2, 0.25) is 0 Å². The summed E-state index contributed by atoms with van der Waals surface area (Å²) < 4.78 is 10.4. The van der Waals surface area contributed by atoms with Crippen LogP contribution in [0, 0.1) is 0 Å². The Hall–Kier alpha value is -1.53. The lowest BCUT2D eigenvalue weighted by molar-refractivity contribution is -0.145. The Kier molecular flexibility index (Phi) is 5.44. The van der Waals surface area contributed by atoms with Gasteiger partial charge in [-0.15, -0.1) is 0 Å². The summed E-state index contributed by atoms with van der Waals surface area (Å²) in [7, 11) is 0.647. The SMILES string of the molecule is CC(=O)O[C@H]1CCN(c2ccc(CBOCN)cc2)C1. The van der Waals surface area contributed by atoms with E-state index in [1.54, 1.807) is 0 Å². The van der Waals surface area contributed by atoms with Crippen LogP contribution >= 0.6 is 0 Å². The van der Waals surface area contributed by atoms with Gasteiger partial charge in [-0.25, -0.2) is 0 Å². The fourth-order valence-electron chi connectivity index (χ4n) is 2.44. The van der Waals surface area contributed by atoms with Crippen LogP contribution in [-0.2, 0) is 20.5 Å². The van der Waals surface area contributed by atoms with E-state index < -0.39 is 0 Å². The van der Waals surface area contributed by atoms with Gasteiger partial charge in [-0.2, -0.15) is 0 Å². The van der Waals surface area contributed by atoms with Crippen molar-refractivity contribution < 1.29 is 14.2 Å². The summed E-state index contributed by atoms with van der Waals surface area (Å²) in [5.41, 5.74) is 7.69. The first-order chi connectivity index (χ1) is 9.69. The summed E-state index contributed by atoms with van der Waals surface area (Å²) in [5.74, 6) is -0.202. The quantitative estimate of drug-likeness (QED) is 0.357. The van der Waals surface area contributed by atoms with Gasteiger partial charge in [0.1, 0.15) is 6.10 Å². The van der Waals surface area contributed by atoms with Gasteiger partial charge in [0, 0.05) is 25.6 Å². The van der Waals surface area contributed by atoms with Crippen molar-refractivity contribution in [1.29, 1.82) is 0 Å². The van der Waals surface area contributed by atoms with Crippen molar-refractivity contribution in [2.75, 3.05) is 24.7 Å². The first-order valence-electron chi connectivity index (χ1n) is 6.98. The van der Waals surface area contributed by atoms with E-state index in [0.717, 1.165) is 25.8 Å². The fraction of sp³-hybridized carbons (Fsp3) is 0.500. The molecule has 0 radical (unpaired) electrons. The summed E-state index contributed by atoms with van der Waals surface area (Å²) in [4.78, 5) is 13.2. The standard InChI is InChI=1S/C14H21BN2O3/c1-11(18)20-14-6-7-17(9-14)13-4-2-12(3-5-13)8-15-19-10-16/h2-5,14-15H,6-10,16H2,1H3/t14-/m0/s1. The molecule has 1 aliphatic heterocycles. The maximum atomic E-state index is 11.0. The van der Waals surface area contributed by atoms with E-state index in [1.807, 2.05) is 0 Å². The molecule has 0 aromatic heterocycles. The van der Waals surface area contributed by atoms with Crippen molar-refractivity contribution in [2.24, 2.45) is 5.73 Å². The Morgan fingerprint density at radius 3 is 2.85 bits per heavy atom. The van der Waals surface area contributed by atoms with E-state index in [9.17, 15) is 4.79 Å². The maximum Gasteiger partial charge on any atom is 0.302 e. The average molecular weight is 276 g/mol. The third-order valence-corrected chi connectivity index (χ3v) is 3.43. The number of carbonyl (C=O) groups is 1. The van der Waals surface area contributed by atoms with Crippen molar-refractivity contribution in [1.82, 2.24) is 0 Å². The van der Waals surface area contributed by atoms with Gasteiger partial charge in [0.05, 0.1) is 13.3 Å². The molecule has 0 unspecified atom stereocenters. The lowest BCUT2D eigenvalue weighted by atomic mass is 9.89. The van der Waals surface area contributed by atoms with Crippen molar-refractivity contribution in [3.05, 3.63) is 29.8 Å². The molecule has 1 saturated heterocycles.